The van der Waals surface area contributed by atoms with Gasteiger partial charge in [-0.15, -0.1) is 0 Å². The summed E-state index contributed by atoms with van der Waals surface area (Å²) in [5.74, 6) is -3.54. The molecule has 3 N–H and O–H groups in total. The lowest BCUT2D eigenvalue weighted by Crippen LogP contribution is -2.25. The number of carbonyl (C=O) groups is 3. The summed E-state index contributed by atoms with van der Waals surface area (Å²) in [7, 11) is 0. The molecule has 29 heavy (non-hydrogen) atoms. The number of carbonyl (C=O) groups excluding carboxylic acids is 1. The minimum Gasteiger partial charge on any atom is -0.478 e. The third-order valence-corrected chi connectivity index (χ3v) is 4.92. The highest BCUT2D eigenvalue weighted by atomic mass is 19.1. The van der Waals surface area contributed by atoms with Crippen LogP contribution in [0, 0.1) is 5.82 Å². The summed E-state index contributed by atoms with van der Waals surface area (Å²) >= 11 is 0. The van der Waals surface area contributed by atoms with Crippen LogP contribution in [0.1, 0.15) is 44.3 Å². The first kappa shape index (κ1) is 18.4. The molecule has 3 aromatic rings. The van der Waals surface area contributed by atoms with Crippen LogP contribution in [0.4, 0.5) is 10.1 Å². The largest absolute Gasteiger partial charge is 0.478 e. The molecule has 0 saturated heterocycles. The number of amides is 1. The number of aromatic nitrogens is 1. The molecule has 1 amide bonds. The summed E-state index contributed by atoms with van der Waals surface area (Å²) in [4.78, 5) is 35.2. The van der Waals surface area contributed by atoms with Gasteiger partial charge < -0.3 is 20.1 Å². The zero-order chi connectivity index (χ0) is 20.7. The molecule has 0 saturated carbocycles. The van der Waals surface area contributed by atoms with Gasteiger partial charge in [0.25, 0.3) is 0 Å². The second-order valence-corrected chi connectivity index (χ2v) is 6.69. The van der Waals surface area contributed by atoms with E-state index >= 15 is 0 Å². The van der Waals surface area contributed by atoms with Gasteiger partial charge in [0.1, 0.15) is 11.4 Å². The molecule has 146 valence electrons. The molecule has 0 fully saturated rings. The van der Waals surface area contributed by atoms with Gasteiger partial charge in [-0.25, -0.2) is 14.0 Å². The average molecular weight is 394 g/mol. The Morgan fingerprint density at radius 2 is 1.66 bits per heavy atom. The minimum atomic E-state index is -1.20. The molecular weight excluding hydrogens is 379 g/mol. The quantitative estimate of drug-likeness (QED) is 0.628. The Bertz CT molecular complexity index is 1130. The number of benzene rings is 2. The first-order chi connectivity index (χ1) is 13.8. The Balaban J connectivity index is 1.91. The second kappa shape index (κ2) is 6.90. The predicted molar refractivity (Wildman–Crippen MR) is 101 cm³/mol. The summed E-state index contributed by atoms with van der Waals surface area (Å²) in [6, 6.07) is 11.7. The lowest BCUT2D eigenvalue weighted by atomic mass is 9.87. The highest BCUT2D eigenvalue weighted by molar-refractivity contribution is 6.04. The molecule has 1 aliphatic heterocycles. The Kier molecular flexibility index (Phi) is 4.38. The molecule has 0 bridgehead atoms. The van der Waals surface area contributed by atoms with E-state index in [1.165, 1.54) is 42.6 Å². The van der Waals surface area contributed by atoms with E-state index in [1.807, 2.05) is 0 Å². The minimum absolute atomic E-state index is 0.0592. The van der Waals surface area contributed by atoms with Crippen molar-refractivity contribution in [1.82, 2.24) is 4.57 Å². The van der Waals surface area contributed by atoms with Crippen molar-refractivity contribution in [2.75, 3.05) is 5.32 Å². The standard InChI is InChI=1S/C21H15FN2O5/c22-13-5-7-14(8-6-13)24-10-16(21(28)29)18-19(24)15(9-17(25)23-18)11-1-3-12(4-2-11)20(26)27/h1-8,10,15H,9H2,(H,23,25)(H,26,27)(H,28,29). The lowest BCUT2D eigenvalue weighted by Gasteiger charge is -2.26. The van der Waals surface area contributed by atoms with Crippen molar-refractivity contribution < 1.29 is 29.0 Å². The summed E-state index contributed by atoms with van der Waals surface area (Å²) in [6.45, 7) is 0. The zero-order valence-corrected chi connectivity index (χ0v) is 14.9. The van der Waals surface area contributed by atoms with Crippen LogP contribution in [0.5, 0.6) is 0 Å². The van der Waals surface area contributed by atoms with Crippen molar-refractivity contribution in [3.8, 4) is 5.69 Å². The molecule has 8 heteroatoms. The molecule has 1 atom stereocenters. The molecule has 0 aliphatic carbocycles. The van der Waals surface area contributed by atoms with E-state index in [-0.39, 0.29) is 29.1 Å². The molecule has 7 nitrogen and oxygen atoms in total. The number of carboxylic acids is 2. The third kappa shape index (κ3) is 3.25. The van der Waals surface area contributed by atoms with Crippen molar-refractivity contribution >= 4 is 23.5 Å². The highest BCUT2D eigenvalue weighted by Crippen LogP contribution is 2.41. The molecule has 1 unspecified atom stereocenters. The highest BCUT2D eigenvalue weighted by Gasteiger charge is 2.34. The van der Waals surface area contributed by atoms with Gasteiger partial charge in [0.15, 0.2) is 0 Å². The van der Waals surface area contributed by atoms with E-state index in [2.05, 4.69) is 5.32 Å². The van der Waals surface area contributed by atoms with Crippen LogP contribution in [0.25, 0.3) is 5.69 Å². The van der Waals surface area contributed by atoms with E-state index < -0.39 is 23.7 Å². The number of anilines is 1. The van der Waals surface area contributed by atoms with Crippen LogP contribution in [0.2, 0.25) is 0 Å². The fraction of sp³-hybridized carbons (Fsp3) is 0.0952. The van der Waals surface area contributed by atoms with Gasteiger partial charge >= 0.3 is 11.9 Å². The second-order valence-electron chi connectivity index (χ2n) is 6.69. The molecule has 0 radical (unpaired) electrons. The number of fused-ring (bicyclic) bond motifs is 1. The van der Waals surface area contributed by atoms with Crippen molar-refractivity contribution in [2.45, 2.75) is 12.3 Å². The number of halogens is 1. The Hall–Kier alpha value is -3.94. The number of nitrogens with zero attached hydrogens (tertiary/aromatic N) is 1. The molecule has 2 aromatic carbocycles. The van der Waals surface area contributed by atoms with Gasteiger partial charge in [0, 0.05) is 24.2 Å². The SMILES string of the molecule is O=C1CC(c2ccc(C(=O)O)cc2)c2c(c(C(=O)O)cn2-c2ccc(F)cc2)N1. The van der Waals surface area contributed by atoms with E-state index in [9.17, 15) is 23.9 Å². The Morgan fingerprint density at radius 3 is 2.24 bits per heavy atom. The molecule has 0 spiro atoms. The van der Waals surface area contributed by atoms with Crippen LogP contribution in [0.3, 0.4) is 0 Å². The van der Waals surface area contributed by atoms with Crippen LogP contribution in [0.15, 0.2) is 54.7 Å². The fourth-order valence-electron chi connectivity index (χ4n) is 3.58. The van der Waals surface area contributed by atoms with Gasteiger partial charge in [-0.3, -0.25) is 4.79 Å². The van der Waals surface area contributed by atoms with Gasteiger partial charge in [-0.2, -0.15) is 0 Å². The summed E-state index contributed by atoms with van der Waals surface area (Å²) in [6.07, 6.45) is 1.45. The first-order valence-corrected chi connectivity index (χ1v) is 8.72. The fourth-order valence-corrected chi connectivity index (χ4v) is 3.58. The molecule has 2 heterocycles. The maximum absolute atomic E-state index is 13.4. The van der Waals surface area contributed by atoms with Crippen LogP contribution < -0.4 is 5.32 Å². The van der Waals surface area contributed by atoms with Crippen molar-refractivity contribution in [2.24, 2.45) is 0 Å². The number of nitrogens with one attached hydrogen (secondary N) is 1. The van der Waals surface area contributed by atoms with E-state index in [4.69, 9.17) is 5.11 Å². The van der Waals surface area contributed by atoms with Gasteiger partial charge in [0.2, 0.25) is 5.91 Å². The van der Waals surface area contributed by atoms with E-state index in [0.29, 0.717) is 16.9 Å². The molecule has 1 aliphatic rings. The topological polar surface area (TPSA) is 109 Å². The number of hydrogen-bond donors (Lipinski definition) is 3. The van der Waals surface area contributed by atoms with Crippen molar-refractivity contribution in [3.63, 3.8) is 0 Å². The van der Waals surface area contributed by atoms with Crippen LogP contribution in [-0.2, 0) is 4.79 Å². The smallest absolute Gasteiger partial charge is 0.339 e. The zero-order valence-electron chi connectivity index (χ0n) is 14.9. The van der Waals surface area contributed by atoms with Gasteiger partial charge in [-0.05, 0) is 42.0 Å². The maximum Gasteiger partial charge on any atom is 0.339 e. The first-order valence-electron chi connectivity index (χ1n) is 8.72. The summed E-state index contributed by atoms with van der Waals surface area (Å²) < 4.78 is 15.0. The number of hydrogen-bond acceptors (Lipinski definition) is 3. The number of rotatable bonds is 4. The maximum atomic E-state index is 13.4. The molecule has 4 rings (SSSR count). The van der Waals surface area contributed by atoms with Gasteiger partial charge in [0.05, 0.1) is 16.9 Å². The third-order valence-electron chi connectivity index (χ3n) is 4.92. The van der Waals surface area contributed by atoms with E-state index in [1.54, 1.807) is 16.7 Å². The van der Waals surface area contributed by atoms with Crippen LogP contribution >= 0.6 is 0 Å². The number of aromatic carboxylic acids is 2. The van der Waals surface area contributed by atoms with Crippen LogP contribution in [-0.4, -0.2) is 32.6 Å². The monoisotopic (exact) mass is 394 g/mol. The average Bonchev–Trinajstić information content (AvgIpc) is 3.07. The molecule has 1 aromatic heterocycles. The Morgan fingerprint density at radius 1 is 1.00 bits per heavy atom. The van der Waals surface area contributed by atoms with Gasteiger partial charge in [-0.1, -0.05) is 12.1 Å². The predicted octanol–water partition coefficient (Wildman–Crippen LogP) is 3.49. The summed E-state index contributed by atoms with van der Waals surface area (Å²) in [5, 5.41) is 21.3. The summed E-state index contributed by atoms with van der Waals surface area (Å²) in [5.41, 5.74) is 1.96. The lowest BCUT2D eigenvalue weighted by molar-refractivity contribution is -0.116. The number of carboxylic acid groups (broad SMARTS) is 2. The van der Waals surface area contributed by atoms with E-state index in [0.717, 1.165) is 0 Å². The normalized spacial score (nSPS) is 15.5. The van der Waals surface area contributed by atoms with Crippen molar-refractivity contribution in [1.29, 1.82) is 0 Å². The van der Waals surface area contributed by atoms with Crippen molar-refractivity contribution in [3.05, 3.63) is 82.9 Å². The molecular formula is C21H15FN2O5. The Labute approximate surface area is 164 Å².